The first kappa shape index (κ1) is 16.7. The van der Waals surface area contributed by atoms with Crippen LogP contribution >= 0.6 is 35.4 Å². The minimum atomic E-state index is 0.329. The fourth-order valence-electron chi connectivity index (χ4n) is 2.27. The van der Waals surface area contributed by atoms with Crippen molar-refractivity contribution in [3.63, 3.8) is 0 Å². The van der Waals surface area contributed by atoms with Crippen LogP contribution in [0.1, 0.15) is 5.56 Å². The molecular formula is C18H13Cl2N3S. The molecule has 0 unspecified atom stereocenters. The van der Waals surface area contributed by atoms with Crippen LogP contribution in [0.4, 0.5) is 5.69 Å². The third-order valence-electron chi connectivity index (χ3n) is 3.39. The van der Waals surface area contributed by atoms with Gasteiger partial charge in [0, 0.05) is 5.56 Å². The molecule has 0 heterocycles. The van der Waals surface area contributed by atoms with Gasteiger partial charge >= 0.3 is 0 Å². The van der Waals surface area contributed by atoms with E-state index in [0.29, 0.717) is 20.8 Å². The minimum Gasteiger partial charge on any atom is -0.330 e. The molecule has 3 aromatic carbocycles. The molecule has 0 aliphatic carbocycles. The number of benzene rings is 3. The van der Waals surface area contributed by atoms with Crippen molar-refractivity contribution < 1.29 is 0 Å². The van der Waals surface area contributed by atoms with Gasteiger partial charge in [0.15, 0.2) is 5.11 Å². The number of hydrogen-bond donors (Lipinski definition) is 2. The van der Waals surface area contributed by atoms with Gasteiger partial charge in [0.1, 0.15) is 0 Å². The summed E-state index contributed by atoms with van der Waals surface area (Å²) in [6.07, 6.45) is 1.73. The molecule has 0 saturated heterocycles. The van der Waals surface area contributed by atoms with Gasteiger partial charge in [-0.2, -0.15) is 5.10 Å². The summed E-state index contributed by atoms with van der Waals surface area (Å²) >= 11 is 17.3. The molecule has 0 aromatic heterocycles. The minimum absolute atomic E-state index is 0.329. The van der Waals surface area contributed by atoms with E-state index in [1.165, 1.54) is 0 Å². The van der Waals surface area contributed by atoms with E-state index in [-0.39, 0.29) is 0 Å². The highest BCUT2D eigenvalue weighted by Gasteiger charge is 2.05. The largest absolute Gasteiger partial charge is 0.330 e. The van der Waals surface area contributed by atoms with Crippen molar-refractivity contribution in [3.05, 3.63) is 76.3 Å². The Hall–Kier alpha value is -2.14. The molecule has 3 aromatic rings. The molecule has 2 N–H and O–H groups in total. The maximum Gasteiger partial charge on any atom is 0.191 e. The standard InChI is InChI=1S/C18H13Cl2N3S/c19-15-9-4-10-16(17(15)20)22-18(24)23-21-11-13-7-3-6-12-5-1-2-8-14(12)13/h1-11H,(H2,22,23,24). The summed E-state index contributed by atoms with van der Waals surface area (Å²) in [5.41, 5.74) is 4.41. The van der Waals surface area contributed by atoms with Crippen LogP contribution in [0.3, 0.4) is 0 Å². The lowest BCUT2D eigenvalue weighted by molar-refractivity contribution is 1.05. The number of anilines is 1. The zero-order valence-corrected chi connectivity index (χ0v) is 14.8. The summed E-state index contributed by atoms with van der Waals surface area (Å²) in [6, 6.07) is 19.5. The maximum absolute atomic E-state index is 6.11. The fourth-order valence-corrected chi connectivity index (χ4v) is 2.78. The molecule has 0 bridgehead atoms. The first-order chi connectivity index (χ1) is 11.6. The molecule has 3 nitrogen and oxygen atoms in total. The number of hydrogen-bond acceptors (Lipinski definition) is 2. The van der Waals surface area contributed by atoms with E-state index in [1.54, 1.807) is 24.4 Å². The Balaban J connectivity index is 1.69. The molecule has 0 radical (unpaired) electrons. The predicted octanol–water partition coefficient (Wildman–Crippen LogP) is 5.47. The molecule has 0 amide bonds. The number of thiocarbonyl (C=S) groups is 1. The summed E-state index contributed by atoms with van der Waals surface area (Å²) in [5.74, 6) is 0. The first-order valence-electron chi connectivity index (χ1n) is 7.17. The molecule has 0 aliphatic rings. The van der Waals surface area contributed by atoms with Crippen LogP contribution in [-0.2, 0) is 0 Å². The van der Waals surface area contributed by atoms with Gasteiger partial charge in [0.2, 0.25) is 0 Å². The van der Waals surface area contributed by atoms with Crippen LogP contribution in [0.5, 0.6) is 0 Å². The Morgan fingerprint density at radius 3 is 2.58 bits per heavy atom. The van der Waals surface area contributed by atoms with Crippen molar-refractivity contribution in [3.8, 4) is 0 Å². The number of nitrogens with one attached hydrogen (secondary N) is 2. The Morgan fingerprint density at radius 2 is 1.71 bits per heavy atom. The third kappa shape index (κ3) is 3.85. The van der Waals surface area contributed by atoms with E-state index in [0.717, 1.165) is 16.3 Å². The van der Waals surface area contributed by atoms with E-state index >= 15 is 0 Å². The zero-order valence-electron chi connectivity index (χ0n) is 12.5. The van der Waals surface area contributed by atoms with E-state index in [4.69, 9.17) is 35.4 Å². The van der Waals surface area contributed by atoms with Crippen LogP contribution in [0.15, 0.2) is 65.8 Å². The van der Waals surface area contributed by atoms with Crippen LogP contribution in [0.25, 0.3) is 10.8 Å². The second-order valence-corrected chi connectivity index (χ2v) is 6.19. The van der Waals surface area contributed by atoms with Gasteiger partial charge in [0.25, 0.3) is 0 Å². The van der Waals surface area contributed by atoms with Gasteiger partial charge < -0.3 is 5.32 Å². The second kappa shape index (κ2) is 7.62. The van der Waals surface area contributed by atoms with Crippen LogP contribution in [0, 0.1) is 0 Å². The Morgan fingerprint density at radius 1 is 0.958 bits per heavy atom. The van der Waals surface area contributed by atoms with Crippen LogP contribution in [-0.4, -0.2) is 11.3 Å². The number of nitrogens with zero attached hydrogens (tertiary/aromatic N) is 1. The molecular weight excluding hydrogens is 361 g/mol. The number of rotatable bonds is 3. The molecule has 120 valence electrons. The molecule has 3 rings (SSSR count). The number of hydrazone groups is 1. The zero-order chi connectivity index (χ0) is 16.9. The summed E-state index contributed by atoms with van der Waals surface area (Å²) in [4.78, 5) is 0. The summed E-state index contributed by atoms with van der Waals surface area (Å²) in [7, 11) is 0. The highest BCUT2D eigenvalue weighted by molar-refractivity contribution is 7.80. The molecule has 24 heavy (non-hydrogen) atoms. The van der Waals surface area contributed by atoms with Crippen molar-refractivity contribution in [2.75, 3.05) is 5.32 Å². The van der Waals surface area contributed by atoms with Crippen molar-refractivity contribution in [1.82, 2.24) is 5.43 Å². The average molecular weight is 374 g/mol. The number of fused-ring (bicyclic) bond motifs is 1. The van der Waals surface area contributed by atoms with E-state index < -0.39 is 0 Å². The first-order valence-corrected chi connectivity index (χ1v) is 8.33. The lowest BCUT2D eigenvalue weighted by Crippen LogP contribution is -2.24. The average Bonchev–Trinajstić information content (AvgIpc) is 2.59. The van der Waals surface area contributed by atoms with Crippen molar-refractivity contribution >= 4 is 63.2 Å². The Labute approximate surface area is 155 Å². The summed E-state index contributed by atoms with van der Waals surface area (Å²) in [5, 5.41) is 10.6. The summed E-state index contributed by atoms with van der Waals surface area (Å²) < 4.78 is 0. The molecule has 0 aliphatic heterocycles. The number of halogens is 2. The van der Waals surface area contributed by atoms with Gasteiger partial charge in [-0.25, -0.2) is 0 Å². The normalized spacial score (nSPS) is 10.9. The smallest absolute Gasteiger partial charge is 0.191 e. The van der Waals surface area contributed by atoms with Gasteiger partial charge in [-0.1, -0.05) is 71.7 Å². The third-order valence-corrected chi connectivity index (χ3v) is 4.41. The van der Waals surface area contributed by atoms with Crippen molar-refractivity contribution in [2.24, 2.45) is 5.10 Å². The molecule has 0 spiro atoms. The monoisotopic (exact) mass is 373 g/mol. The highest BCUT2D eigenvalue weighted by Crippen LogP contribution is 2.29. The maximum atomic E-state index is 6.11. The molecule has 6 heteroatoms. The van der Waals surface area contributed by atoms with Gasteiger partial charge in [-0.3, -0.25) is 5.43 Å². The van der Waals surface area contributed by atoms with Crippen LogP contribution in [0.2, 0.25) is 10.0 Å². The second-order valence-electron chi connectivity index (χ2n) is 4.99. The topological polar surface area (TPSA) is 36.4 Å². The van der Waals surface area contributed by atoms with Crippen molar-refractivity contribution in [2.45, 2.75) is 0 Å². The molecule has 0 saturated carbocycles. The molecule has 0 atom stereocenters. The van der Waals surface area contributed by atoms with Gasteiger partial charge in [-0.05, 0) is 35.1 Å². The Kier molecular flexibility index (Phi) is 5.30. The fraction of sp³-hybridized carbons (Fsp3) is 0. The van der Waals surface area contributed by atoms with Crippen LogP contribution < -0.4 is 10.7 Å². The Bertz CT molecular complexity index is 920. The summed E-state index contributed by atoms with van der Waals surface area (Å²) in [6.45, 7) is 0. The van der Waals surface area contributed by atoms with Crippen molar-refractivity contribution in [1.29, 1.82) is 0 Å². The van der Waals surface area contributed by atoms with E-state index in [1.807, 2.05) is 24.3 Å². The SMILES string of the molecule is S=C(NN=Cc1cccc2ccccc12)Nc1cccc(Cl)c1Cl. The lowest BCUT2D eigenvalue weighted by atomic mass is 10.1. The predicted molar refractivity (Wildman–Crippen MR) is 107 cm³/mol. The quantitative estimate of drug-likeness (QED) is 0.363. The van der Waals surface area contributed by atoms with Gasteiger partial charge in [-0.15, -0.1) is 0 Å². The highest BCUT2D eigenvalue weighted by atomic mass is 35.5. The van der Waals surface area contributed by atoms with E-state index in [2.05, 4.69) is 34.0 Å². The van der Waals surface area contributed by atoms with E-state index in [9.17, 15) is 0 Å². The van der Waals surface area contributed by atoms with Gasteiger partial charge in [0.05, 0.1) is 21.9 Å². The molecule has 0 fully saturated rings. The lowest BCUT2D eigenvalue weighted by Gasteiger charge is -2.09.